The average molecular weight is 420 g/mol. The maximum atomic E-state index is 12.5. The smallest absolute Gasteiger partial charge is 0.234 e. The topological polar surface area (TPSA) is 89.1 Å². The van der Waals surface area contributed by atoms with E-state index in [0.29, 0.717) is 17.2 Å². The molecular weight excluding hydrogens is 400 g/mol. The van der Waals surface area contributed by atoms with Gasteiger partial charge in [-0.3, -0.25) is 4.79 Å². The maximum Gasteiger partial charge on any atom is 0.234 e. The molecule has 2 heterocycles. The van der Waals surface area contributed by atoms with E-state index in [-0.39, 0.29) is 11.7 Å². The molecule has 7 nitrogen and oxygen atoms in total. The van der Waals surface area contributed by atoms with E-state index in [1.807, 2.05) is 36.4 Å². The first-order valence-corrected chi connectivity index (χ1v) is 10.2. The number of ether oxygens (including phenoxy) is 2. The molecule has 0 radical (unpaired) electrons. The summed E-state index contributed by atoms with van der Waals surface area (Å²) in [4.78, 5) is 24.9. The largest absolute Gasteiger partial charge is 0.497 e. The summed E-state index contributed by atoms with van der Waals surface area (Å²) in [5, 5.41) is 3.60. The van der Waals surface area contributed by atoms with Crippen LogP contribution in [0.25, 0.3) is 22.4 Å². The van der Waals surface area contributed by atoms with Crippen LogP contribution in [0.3, 0.4) is 0 Å². The third-order valence-corrected chi connectivity index (χ3v) is 5.40. The molecule has 4 rings (SSSR count). The second kappa shape index (κ2) is 8.87. The van der Waals surface area contributed by atoms with Crippen molar-refractivity contribution in [1.82, 2.24) is 15.0 Å². The lowest BCUT2D eigenvalue weighted by Gasteiger charge is -2.10. The third-order valence-electron chi connectivity index (χ3n) is 4.39. The van der Waals surface area contributed by atoms with E-state index < -0.39 is 0 Å². The molecule has 2 aromatic carbocycles. The van der Waals surface area contributed by atoms with E-state index in [2.05, 4.69) is 20.3 Å². The van der Waals surface area contributed by atoms with Crippen LogP contribution in [0.2, 0.25) is 0 Å². The lowest BCUT2D eigenvalue weighted by atomic mass is 10.2. The van der Waals surface area contributed by atoms with Crippen molar-refractivity contribution in [2.45, 2.75) is 5.03 Å². The van der Waals surface area contributed by atoms with Crippen LogP contribution in [0.1, 0.15) is 0 Å². The van der Waals surface area contributed by atoms with E-state index >= 15 is 0 Å². The molecule has 0 spiro atoms. The van der Waals surface area contributed by atoms with Crippen molar-refractivity contribution in [3.05, 3.63) is 60.8 Å². The minimum Gasteiger partial charge on any atom is -0.497 e. The normalized spacial score (nSPS) is 10.7. The Morgan fingerprint density at radius 1 is 1.07 bits per heavy atom. The molecule has 8 heteroatoms. The van der Waals surface area contributed by atoms with E-state index in [9.17, 15) is 4.79 Å². The molecule has 2 aromatic heterocycles. The third kappa shape index (κ3) is 4.38. The number of methoxy groups -OCH3 is 2. The monoisotopic (exact) mass is 420 g/mol. The van der Waals surface area contributed by atoms with Gasteiger partial charge in [-0.25, -0.2) is 9.97 Å². The molecular formula is C22H20N4O3S. The fourth-order valence-corrected chi connectivity index (χ4v) is 3.77. The van der Waals surface area contributed by atoms with Crippen molar-refractivity contribution in [2.24, 2.45) is 0 Å². The molecule has 0 aliphatic heterocycles. The Kier molecular flexibility index (Phi) is 5.85. The highest BCUT2D eigenvalue weighted by Crippen LogP contribution is 2.30. The van der Waals surface area contributed by atoms with Gasteiger partial charge in [0.25, 0.3) is 0 Å². The molecule has 2 N–H and O–H groups in total. The number of carbonyl (C=O) groups is 1. The van der Waals surface area contributed by atoms with E-state index in [4.69, 9.17) is 9.47 Å². The predicted octanol–water partition coefficient (Wildman–Crippen LogP) is 4.37. The Morgan fingerprint density at radius 2 is 1.83 bits per heavy atom. The first-order chi connectivity index (χ1) is 14.7. The van der Waals surface area contributed by atoms with Crippen LogP contribution in [0.15, 0.2) is 65.8 Å². The fraction of sp³-hybridized carbons (Fsp3) is 0.136. The summed E-state index contributed by atoms with van der Waals surface area (Å²) >= 11 is 1.35. The second-order valence-corrected chi connectivity index (χ2v) is 7.36. The van der Waals surface area contributed by atoms with Gasteiger partial charge in [0.05, 0.1) is 31.0 Å². The van der Waals surface area contributed by atoms with Gasteiger partial charge >= 0.3 is 0 Å². The SMILES string of the molecule is COc1cc(NC(=O)CSc2ncccc2-c2nc3ccccc3[nH]2)cc(OC)c1. The maximum absolute atomic E-state index is 12.5. The summed E-state index contributed by atoms with van der Waals surface area (Å²) in [5.74, 6) is 1.98. The molecule has 0 aliphatic carbocycles. The number of hydrogen-bond donors (Lipinski definition) is 2. The van der Waals surface area contributed by atoms with Crippen LogP contribution in [0.5, 0.6) is 11.5 Å². The predicted molar refractivity (Wildman–Crippen MR) is 118 cm³/mol. The number of para-hydroxylation sites is 2. The molecule has 0 fully saturated rings. The van der Waals surface area contributed by atoms with Gasteiger partial charge in [-0.05, 0) is 24.3 Å². The summed E-state index contributed by atoms with van der Waals surface area (Å²) < 4.78 is 10.5. The lowest BCUT2D eigenvalue weighted by Crippen LogP contribution is -2.14. The van der Waals surface area contributed by atoms with Gasteiger partial charge in [-0.15, -0.1) is 0 Å². The van der Waals surface area contributed by atoms with Crippen LogP contribution in [0.4, 0.5) is 5.69 Å². The van der Waals surface area contributed by atoms with Crippen molar-refractivity contribution in [3.63, 3.8) is 0 Å². The highest BCUT2D eigenvalue weighted by atomic mass is 32.2. The second-order valence-electron chi connectivity index (χ2n) is 6.40. The number of aromatic amines is 1. The van der Waals surface area contributed by atoms with Crippen molar-refractivity contribution in [1.29, 1.82) is 0 Å². The van der Waals surface area contributed by atoms with E-state index in [0.717, 1.165) is 27.4 Å². The van der Waals surface area contributed by atoms with Gasteiger partial charge in [0, 0.05) is 35.6 Å². The molecule has 152 valence electrons. The molecule has 0 unspecified atom stereocenters. The summed E-state index contributed by atoms with van der Waals surface area (Å²) in [6, 6.07) is 16.9. The molecule has 0 saturated heterocycles. The summed E-state index contributed by atoms with van der Waals surface area (Å²) in [6.07, 6.45) is 1.71. The number of fused-ring (bicyclic) bond motifs is 1. The Balaban J connectivity index is 1.49. The number of amides is 1. The number of pyridine rings is 1. The number of nitrogens with one attached hydrogen (secondary N) is 2. The summed E-state index contributed by atoms with van der Waals surface area (Å²) in [5.41, 5.74) is 3.30. The number of benzene rings is 2. The average Bonchev–Trinajstić information content (AvgIpc) is 3.21. The number of rotatable bonds is 7. The number of anilines is 1. The van der Waals surface area contributed by atoms with Crippen LogP contribution in [-0.2, 0) is 4.79 Å². The number of aromatic nitrogens is 3. The Morgan fingerprint density at radius 3 is 2.57 bits per heavy atom. The number of thioether (sulfide) groups is 1. The zero-order valence-corrected chi connectivity index (χ0v) is 17.3. The Hall–Kier alpha value is -3.52. The highest BCUT2D eigenvalue weighted by molar-refractivity contribution is 8.00. The molecule has 0 bridgehead atoms. The molecule has 0 atom stereocenters. The molecule has 4 aromatic rings. The summed E-state index contributed by atoms with van der Waals surface area (Å²) in [6.45, 7) is 0. The number of H-pyrrole nitrogens is 1. The van der Waals surface area contributed by atoms with E-state index in [1.165, 1.54) is 11.8 Å². The van der Waals surface area contributed by atoms with Crippen LogP contribution in [-0.4, -0.2) is 40.8 Å². The fourth-order valence-electron chi connectivity index (χ4n) is 2.98. The Bertz CT molecular complexity index is 1140. The molecule has 30 heavy (non-hydrogen) atoms. The van der Waals surface area contributed by atoms with Crippen LogP contribution in [0, 0.1) is 0 Å². The minimum absolute atomic E-state index is 0.156. The standard InChI is InChI=1S/C22H20N4O3S/c1-28-15-10-14(11-16(12-15)29-2)24-20(27)13-30-22-17(6-5-9-23-22)21-25-18-7-3-4-8-19(18)26-21/h3-12H,13H2,1-2H3,(H,24,27)(H,25,26). The van der Waals surface area contributed by atoms with Gasteiger partial charge < -0.3 is 19.8 Å². The van der Waals surface area contributed by atoms with E-state index in [1.54, 1.807) is 38.6 Å². The molecule has 0 aliphatic rings. The first kappa shape index (κ1) is 19.8. The molecule has 1 amide bonds. The van der Waals surface area contributed by atoms with Crippen molar-refractivity contribution in [3.8, 4) is 22.9 Å². The van der Waals surface area contributed by atoms with Crippen molar-refractivity contribution in [2.75, 3.05) is 25.3 Å². The van der Waals surface area contributed by atoms with Gasteiger partial charge in [0.2, 0.25) is 5.91 Å². The Labute approximate surface area is 177 Å². The lowest BCUT2D eigenvalue weighted by molar-refractivity contribution is -0.113. The number of carbonyl (C=O) groups excluding carboxylic acids is 1. The first-order valence-electron chi connectivity index (χ1n) is 9.22. The van der Waals surface area contributed by atoms with Gasteiger partial charge in [-0.2, -0.15) is 0 Å². The number of hydrogen-bond acceptors (Lipinski definition) is 6. The zero-order chi connectivity index (χ0) is 20.9. The van der Waals surface area contributed by atoms with Crippen molar-refractivity contribution >= 4 is 34.4 Å². The number of imidazole rings is 1. The van der Waals surface area contributed by atoms with Crippen molar-refractivity contribution < 1.29 is 14.3 Å². The highest BCUT2D eigenvalue weighted by Gasteiger charge is 2.13. The van der Waals surface area contributed by atoms with Gasteiger partial charge in [-0.1, -0.05) is 23.9 Å². The minimum atomic E-state index is -0.156. The van der Waals surface area contributed by atoms with Crippen LogP contribution >= 0.6 is 11.8 Å². The quantitative estimate of drug-likeness (QED) is 0.432. The molecule has 0 saturated carbocycles. The summed E-state index contributed by atoms with van der Waals surface area (Å²) in [7, 11) is 3.13. The van der Waals surface area contributed by atoms with Gasteiger partial charge in [0.15, 0.2) is 0 Å². The number of nitrogens with zero attached hydrogens (tertiary/aromatic N) is 2. The van der Waals surface area contributed by atoms with Crippen LogP contribution < -0.4 is 14.8 Å². The van der Waals surface area contributed by atoms with Gasteiger partial charge in [0.1, 0.15) is 22.3 Å². The zero-order valence-electron chi connectivity index (χ0n) is 16.5.